The summed E-state index contributed by atoms with van der Waals surface area (Å²) in [6.45, 7) is 0.335. The van der Waals surface area contributed by atoms with E-state index in [2.05, 4.69) is 20.4 Å². The van der Waals surface area contributed by atoms with Crippen molar-refractivity contribution in [1.82, 2.24) is 15.0 Å². The zero-order valence-corrected chi connectivity index (χ0v) is 11.5. The first-order valence-electron chi connectivity index (χ1n) is 5.12. The van der Waals surface area contributed by atoms with E-state index in [1.165, 1.54) is 16.2 Å². The van der Waals surface area contributed by atoms with Crippen molar-refractivity contribution in [3.63, 3.8) is 0 Å². The normalized spacial score (nSPS) is 10.5. The minimum atomic E-state index is -0.683. The Morgan fingerprint density at radius 2 is 2.21 bits per heavy atom. The SMILES string of the molecule is CN(Cc1csc(N)n1)c1nc(Cl)nc(NN)c1F. The fourth-order valence-electron chi connectivity index (χ4n) is 1.47. The minimum absolute atomic E-state index is 0.0273. The second kappa shape index (κ2) is 5.51. The van der Waals surface area contributed by atoms with Crippen LogP contribution in [-0.4, -0.2) is 22.0 Å². The maximum absolute atomic E-state index is 14.0. The largest absolute Gasteiger partial charge is 0.375 e. The number of thiazole rings is 1. The monoisotopic (exact) mass is 303 g/mol. The lowest BCUT2D eigenvalue weighted by molar-refractivity contribution is 0.610. The van der Waals surface area contributed by atoms with Gasteiger partial charge in [-0.25, -0.2) is 10.8 Å². The van der Waals surface area contributed by atoms with Gasteiger partial charge in [-0.15, -0.1) is 11.3 Å². The van der Waals surface area contributed by atoms with E-state index in [0.29, 0.717) is 17.4 Å². The summed E-state index contributed by atoms with van der Waals surface area (Å²) in [4.78, 5) is 13.1. The summed E-state index contributed by atoms with van der Waals surface area (Å²) in [6.07, 6.45) is 0. The summed E-state index contributed by atoms with van der Waals surface area (Å²) in [5, 5.41) is 2.14. The van der Waals surface area contributed by atoms with Gasteiger partial charge in [0.05, 0.1) is 12.2 Å². The summed E-state index contributed by atoms with van der Waals surface area (Å²) in [7, 11) is 1.65. The first-order chi connectivity index (χ1) is 9.01. The van der Waals surface area contributed by atoms with Crippen LogP contribution in [0.2, 0.25) is 5.28 Å². The van der Waals surface area contributed by atoms with Crippen LogP contribution in [0.1, 0.15) is 5.69 Å². The maximum Gasteiger partial charge on any atom is 0.226 e. The second-order valence-corrected chi connectivity index (χ2v) is 4.88. The van der Waals surface area contributed by atoms with E-state index >= 15 is 0 Å². The number of hydrogen-bond acceptors (Lipinski definition) is 8. The van der Waals surface area contributed by atoms with Gasteiger partial charge in [0.2, 0.25) is 11.1 Å². The predicted molar refractivity (Wildman–Crippen MR) is 73.4 cm³/mol. The molecular weight excluding hydrogens is 293 g/mol. The quantitative estimate of drug-likeness (QED) is 0.443. The van der Waals surface area contributed by atoms with Crippen molar-refractivity contribution >= 4 is 39.7 Å². The van der Waals surface area contributed by atoms with Crippen molar-refractivity contribution < 1.29 is 4.39 Å². The molecule has 0 saturated heterocycles. The van der Waals surface area contributed by atoms with Crippen LogP contribution in [0.25, 0.3) is 0 Å². The minimum Gasteiger partial charge on any atom is -0.375 e. The predicted octanol–water partition coefficient (Wildman–Crippen LogP) is 1.23. The highest BCUT2D eigenvalue weighted by molar-refractivity contribution is 7.13. The topological polar surface area (TPSA) is 106 Å². The molecule has 2 heterocycles. The van der Waals surface area contributed by atoms with E-state index in [-0.39, 0.29) is 16.9 Å². The Bertz CT molecular complexity index is 590. The van der Waals surface area contributed by atoms with Gasteiger partial charge < -0.3 is 16.1 Å². The molecule has 0 fully saturated rings. The molecule has 19 heavy (non-hydrogen) atoms. The number of nitrogen functional groups attached to an aromatic ring is 2. The average Bonchev–Trinajstić information content (AvgIpc) is 2.77. The Hall–Kier alpha value is -1.71. The number of hydrazine groups is 1. The van der Waals surface area contributed by atoms with Gasteiger partial charge in [-0.2, -0.15) is 14.4 Å². The van der Waals surface area contributed by atoms with Gasteiger partial charge in [0.15, 0.2) is 16.8 Å². The molecule has 0 spiro atoms. The summed E-state index contributed by atoms with van der Waals surface area (Å²) < 4.78 is 14.0. The second-order valence-electron chi connectivity index (χ2n) is 3.66. The van der Waals surface area contributed by atoms with Crippen molar-refractivity contribution in [2.24, 2.45) is 5.84 Å². The number of hydrogen-bond donors (Lipinski definition) is 3. The van der Waals surface area contributed by atoms with Crippen molar-refractivity contribution in [1.29, 1.82) is 0 Å². The molecule has 0 aliphatic rings. The standard InChI is InChI=1S/C9H11ClFN7S/c1-18(2-4-3-19-9(12)14-4)7-5(11)6(17-13)15-8(10)16-7/h3H,2,13H2,1H3,(H2,12,14)(H,15,16,17). The van der Waals surface area contributed by atoms with Gasteiger partial charge in [-0.3, -0.25) is 0 Å². The first-order valence-corrected chi connectivity index (χ1v) is 6.37. The fourth-order valence-corrected chi connectivity index (χ4v) is 2.19. The molecule has 0 atom stereocenters. The Kier molecular flexibility index (Phi) is 3.98. The lowest BCUT2D eigenvalue weighted by Gasteiger charge is -2.18. The van der Waals surface area contributed by atoms with Gasteiger partial charge >= 0.3 is 0 Å². The Morgan fingerprint density at radius 3 is 2.79 bits per heavy atom. The highest BCUT2D eigenvalue weighted by atomic mass is 35.5. The molecule has 5 N–H and O–H groups in total. The number of nitrogens with two attached hydrogens (primary N) is 2. The molecule has 2 rings (SSSR count). The van der Waals surface area contributed by atoms with Crippen molar-refractivity contribution in [2.45, 2.75) is 6.54 Å². The zero-order valence-electron chi connectivity index (χ0n) is 9.89. The van der Waals surface area contributed by atoms with Crippen molar-refractivity contribution in [3.8, 4) is 0 Å². The summed E-state index contributed by atoms with van der Waals surface area (Å²) in [5.41, 5.74) is 8.37. The molecule has 0 aromatic carbocycles. The molecule has 0 aliphatic carbocycles. The summed E-state index contributed by atoms with van der Waals surface area (Å²) in [5.74, 6) is 4.34. The number of aromatic nitrogens is 3. The van der Waals surface area contributed by atoms with Crippen molar-refractivity contribution in [3.05, 3.63) is 22.2 Å². The van der Waals surface area contributed by atoms with E-state index in [1.54, 1.807) is 12.4 Å². The molecule has 2 aromatic rings. The molecule has 0 aliphatic heterocycles. The third-order valence-corrected chi connectivity index (χ3v) is 3.17. The van der Waals surface area contributed by atoms with Gasteiger partial charge in [-0.1, -0.05) is 0 Å². The molecule has 0 unspecified atom stereocenters. The van der Waals surface area contributed by atoms with E-state index < -0.39 is 5.82 Å². The van der Waals surface area contributed by atoms with E-state index in [0.717, 1.165) is 0 Å². The molecule has 7 nitrogen and oxygen atoms in total. The average molecular weight is 304 g/mol. The molecule has 2 aromatic heterocycles. The van der Waals surface area contributed by atoms with E-state index in [4.69, 9.17) is 23.2 Å². The first kappa shape index (κ1) is 13.7. The summed E-state index contributed by atoms with van der Waals surface area (Å²) in [6, 6.07) is 0. The van der Waals surface area contributed by atoms with Gasteiger partial charge in [0.1, 0.15) is 0 Å². The Balaban J connectivity index is 2.28. The number of rotatable bonds is 4. The molecular formula is C9H11ClFN7S. The number of nitrogens with zero attached hydrogens (tertiary/aromatic N) is 4. The van der Waals surface area contributed by atoms with Crippen LogP contribution >= 0.6 is 22.9 Å². The molecule has 10 heteroatoms. The fraction of sp³-hybridized carbons (Fsp3) is 0.222. The van der Waals surface area contributed by atoms with E-state index in [1.807, 2.05) is 0 Å². The Labute approximate surface area is 117 Å². The maximum atomic E-state index is 14.0. The Morgan fingerprint density at radius 1 is 1.47 bits per heavy atom. The highest BCUT2D eigenvalue weighted by Crippen LogP contribution is 2.24. The van der Waals surface area contributed by atoms with Crippen LogP contribution in [0.3, 0.4) is 0 Å². The smallest absolute Gasteiger partial charge is 0.226 e. The molecule has 102 valence electrons. The lowest BCUT2D eigenvalue weighted by atomic mass is 10.4. The molecule has 0 saturated carbocycles. The molecule has 0 bridgehead atoms. The number of halogens is 2. The van der Waals surface area contributed by atoms with Crippen LogP contribution in [0.15, 0.2) is 5.38 Å². The molecule has 0 amide bonds. The third kappa shape index (κ3) is 3.00. The highest BCUT2D eigenvalue weighted by Gasteiger charge is 2.17. The van der Waals surface area contributed by atoms with Crippen LogP contribution in [-0.2, 0) is 6.54 Å². The lowest BCUT2D eigenvalue weighted by Crippen LogP contribution is -2.21. The molecule has 0 radical (unpaired) electrons. The van der Waals surface area contributed by atoms with Crippen LogP contribution in [0.4, 0.5) is 21.2 Å². The van der Waals surface area contributed by atoms with Gasteiger partial charge in [0.25, 0.3) is 0 Å². The zero-order chi connectivity index (χ0) is 14.0. The van der Waals surface area contributed by atoms with E-state index in [9.17, 15) is 4.39 Å². The number of anilines is 3. The van der Waals surface area contributed by atoms with Gasteiger partial charge in [-0.05, 0) is 11.6 Å². The van der Waals surface area contributed by atoms with Crippen LogP contribution in [0.5, 0.6) is 0 Å². The van der Waals surface area contributed by atoms with Crippen LogP contribution in [0, 0.1) is 5.82 Å². The van der Waals surface area contributed by atoms with Crippen LogP contribution < -0.4 is 21.9 Å². The van der Waals surface area contributed by atoms with Gasteiger partial charge in [0, 0.05) is 12.4 Å². The summed E-state index contributed by atoms with van der Waals surface area (Å²) >= 11 is 7.02. The third-order valence-electron chi connectivity index (χ3n) is 2.27. The number of nitrogens with one attached hydrogen (secondary N) is 1. The van der Waals surface area contributed by atoms with Crippen molar-refractivity contribution in [2.75, 3.05) is 23.1 Å².